The van der Waals surface area contributed by atoms with Crippen molar-refractivity contribution in [3.05, 3.63) is 70.2 Å². The molecule has 0 spiro atoms. The Morgan fingerprint density at radius 3 is 2.76 bits per heavy atom. The number of aromatic nitrogens is 2. The number of pyridine rings is 1. The number of likely N-dealkylation sites (tertiary alicyclic amines) is 1. The number of carbonyl (C=O) groups excluding carboxylic acids is 2. The molecule has 29 heavy (non-hydrogen) atoms. The average molecular weight is 395 g/mol. The second-order valence-corrected chi connectivity index (χ2v) is 7.21. The standard InChI is InChI=1S/C21H21N3O5/c1-14-2-3-18-22-17(10-19(25)24(18)11-14)13-29-21(27)15-4-7-23(8-5-15)20(26)16-6-9-28-12-16/h2-3,6,9-12,15H,4-5,7-8,13H2,1H3. The first kappa shape index (κ1) is 18.9. The monoisotopic (exact) mass is 395 g/mol. The highest BCUT2D eigenvalue weighted by Crippen LogP contribution is 2.21. The summed E-state index contributed by atoms with van der Waals surface area (Å²) in [6, 6.07) is 6.64. The fourth-order valence-electron chi connectivity index (χ4n) is 3.48. The number of carbonyl (C=O) groups is 2. The number of fused-ring (bicyclic) bond motifs is 1. The Hall–Kier alpha value is -3.42. The average Bonchev–Trinajstić information content (AvgIpc) is 3.27. The fourth-order valence-corrected chi connectivity index (χ4v) is 3.48. The van der Waals surface area contributed by atoms with Gasteiger partial charge in [0.05, 0.1) is 23.4 Å². The van der Waals surface area contributed by atoms with Crippen molar-refractivity contribution < 1.29 is 18.7 Å². The Labute approximate surface area is 166 Å². The molecule has 0 bridgehead atoms. The van der Waals surface area contributed by atoms with Gasteiger partial charge in [0, 0.05) is 25.4 Å². The minimum Gasteiger partial charge on any atom is -0.472 e. The van der Waals surface area contributed by atoms with Crippen LogP contribution in [0.15, 0.2) is 52.2 Å². The number of rotatable bonds is 4. The number of hydrogen-bond acceptors (Lipinski definition) is 6. The lowest BCUT2D eigenvalue weighted by atomic mass is 9.96. The van der Waals surface area contributed by atoms with Crippen LogP contribution in [-0.2, 0) is 16.1 Å². The zero-order chi connectivity index (χ0) is 20.4. The van der Waals surface area contributed by atoms with Gasteiger partial charge in [0.2, 0.25) is 0 Å². The van der Waals surface area contributed by atoms with Gasteiger partial charge < -0.3 is 14.1 Å². The summed E-state index contributed by atoms with van der Waals surface area (Å²) in [6.45, 7) is 2.82. The van der Waals surface area contributed by atoms with E-state index >= 15 is 0 Å². The summed E-state index contributed by atoms with van der Waals surface area (Å²) in [4.78, 5) is 43.1. The first-order valence-corrected chi connectivity index (χ1v) is 9.48. The predicted molar refractivity (Wildman–Crippen MR) is 103 cm³/mol. The maximum Gasteiger partial charge on any atom is 0.309 e. The lowest BCUT2D eigenvalue weighted by Gasteiger charge is -2.30. The molecule has 0 aliphatic carbocycles. The number of piperidine rings is 1. The van der Waals surface area contributed by atoms with Gasteiger partial charge >= 0.3 is 5.97 Å². The van der Waals surface area contributed by atoms with Crippen LogP contribution in [-0.4, -0.2) is 39.3 Å². The van der Waals surface area contributed by atoms with Crippen molar-refractivity contribution in [2.75, 3.05) is 13.1 Å². The first-order valence-electron chi connectivity index (χ1n) is 9.48. The lowest BCUT2D eigenvalue weighted by Crippen LogP contribution is -2.40. The van der Waals surface area contributed by atoms with Crippen LogP contribution in [0.2, 0.25) is 0 Å². The van der Waals surface area contributed by atoms with Gasteiger partial charge in [-0.2, -0.15) is 0 Å². The molecule has 1 amide bonds. The molecule has 0 aromatic carbocycles. The largest absolute Gasteiger partial charge is 0.472 e. The van der Waals surface area contributed by atoms with E-state index in [1.807, 2.05) is 13.0 Å². The molecule has 0 unspecified atom stereocenters. The van der Waals surface area contributed by atoms with Gasteiger partial charge in [-0.25, -0.2) is 4.98 Å². The van der Waals surface area contributed by atoms with Gasteiger partial charge in [-0.3, -0.25) is 18.8 Å². The summed E-state index contributed by atoms with van der Waals surface area (Å²) in [7, 11) is 0. The van der Waals surface area contributed by atoms with Crippen molar-refractivity contribution in [2.45, 2.75) is 26.4 Å². The molecule has 150 valence electrons. The Balaban J connectivity index is 1.34. The molecule has 1 aliphatic heterocycles. The fraction of sp³-hybridized carbons (Fsp3) is 0.333. The molecule has 0 N–H and O–H groups in total. The van der Waals surface area contributed by atoms with Crippen LogP contribution < -0.4 is 5.56 Å². The number of aryl methyl sites for hydroxylation is 1. The maximum atomic E-state index is 12.4. The molecule has 0 radical (unpaired) electrons. The number of esters is 1. The lowest BCUT2D eigenvalue weighted by molar-refractivity contribution is -0.151. The molecule has 0 atom stereocenters. The van der Waals surface area contributed by atoms with Crippen LogP contribution in [0.4, 0.5) is 0 Å². The van der Waals surface area contributed by atoms with Crippen molar-refractivity contribution in [1.29, 1.82) is 0 Å². The number of furan rings is 1. The van der Waals surface area contributed by atoms with E-state index in [-0.39, 0.29) is 30.0 Å². The van der Waals surface area contributed by atoms with E-state index in [9.17, 15) is 14.4 Å². The maximum absolute atomic E-state index is 12.4. The van der Waals surface area contributed by atoms with Gasteiger partial charge in [0.1, 0.15) is 18.5 Å². The van der Waals surface area contributed by atoms with E-state index in [0.29, 0.717) is 42.8 Å². The van der Waals surface area contributed by atoms with Crippen molar-refractivity contribution in [1.82, 2.24) is 14.3 Å². The molecule has 8 heteroatoms. The number of hydrogen-bond donors (Lipinski definition) is 0. The number of nitrogens with zero attached hydrogens (tertiary/aromatic N) is 3. The first-order chi connectivity index (χ1) is 14.0. The summed E-state index contributed by atoms with van der Waals surface area (Å²) in [5, 5.41) is 0. The van der Waals surface area contributed by atoms with Gasteiger partial charge in [0.15, 0.2) is 0 Å². The van der Waals surface area contributed by atoms with E-state index in [1.54, 1.807) is 23.2 Å². The quantitative estimate of drug-likeness (QED) is 0.629. The van der Waals surface area contributed by atoms with Gasteiger partial charge in [-0.1, -0.05) is 6.07 Å². The van der Waals surface area contributed by atoms with E-state index in [0.717, 1.165) is 5.56 Å². The summed E-state index contributed by atoms with van der Waals surface area (Å²) in [5.41, 5.74) is 2.18. The minimum atomic E-state index is -0.327. The van der Waals surface area contributed by atoms with E-state index in [2.05, 4.69) is 4.98 Å². The van der Waals surface area contributed by atoms with Crippen LogP contribution in [0, 0.1) is 12.8 Å². The van der Waals surface area contributed by atoms with E-state index < -0.39 is 0 Å². The second kappa shape index (κ2) is 7.90. The molecule has 3 aromatic heterocycles. The molecule has 1 aliphatic rings. The molecular weight excluding hydrogens is 374 g/mol. The summed E-state index contributed by atoms with van der Waals surface area (Å²) >= 11 is 0. The summed E-state index contributed by atoms with van der Waals surface area (Å²) in [5.74, 6) is -0.694. The van der Waals surface area contributed by atoms with Crippen LogP contribution in [0.3, 0.4) is 0 Å². The Kier molecular flexibility index (Phi) is 5.16. The van der Waals surface area contributed by atoms with Crippen LogP contribution in [0.1, 0.15) is 34.5 Å². The second-order valence-electron chi connectivity index (χ2n) is 7.21. The molecule has 4 heterocycles. The molecule has 3 aromatic rings. The number of ether oxygens (including phenoxy) is 1. The molecule has 8 nitrogen and oxygen atoms in total. The van der Waals surface area contributed by atoms with Crippen LogP contribution in [0.25, 0.3) is 5.65 Å². The Morgan fingerprint density at radius 2 is 2.03 bits per heavy atom. The van der Waals surface area contributed by atoms with Crippen molar-refractivity contribution in [3.63, 3.8) is 0 Å². The smallest absolute Gasteiger partial charge is 0.309 e. The Morgan fingerprint density at radius 1 is 1.24 bits per heavy atom. The Bertz CT molecular complexity index is 1100. The zero-order valence-corrected chi connectivity index (χ0v) is 16.0. The molecule has 4 rings (SSSR count). The molecule has 1 fully saturated rings. The minimum absolute atomic E-state index is 0.0490. The van der Waals surface area contributed by atoms with Crippen molar-refractivity contribution in [2.24, 2.45) is 5.92 Å². The normalized spacial score (nSPS) is 14.9. The van der Waals surface area contributed by atoms with Crippen LogP contribution in [0.5, 0.6) is 0 Å². The summed E-state index contributed by atoms with van der Waals surface area (Å²) in [6.07, 6.45) is 5.68. The predicted octanol–water partition coefficient (Wildman–Crippen LogP) is 2.19. The summed E-state index contributed by atoms with van der Waals surface area (Å²) < 4.78 is 11.8. The van der Waals surface area contributed by atoms with Gasteiger partial charge in [-0.05, 0) is 37.5 Å². The zero-order valence-electron chi connectivity index (χ0n) is 16.0. The molecular formula is C21H21N3O5. The van der Waals surface area contributed by atoms with E-state index in [4.69, 9.17) is 9.15 Å². The van der Waals surface area contributed by atoms with Gasteiger partial charge in [0.25, 0.3) is 11.5 Å². The highest BCUT2D eigenvalue weighted by molar-refractivity contribution is 5.94. The molecule has 0 saturated carbocycles. The van der Waals surface area contributed by atoms with Crippen LogP contribution >= 0.6 is 0 Å². The SMILES string of the molecule is Cc1ccc2nc(COC(=O)C3CCN(C(=O)c4ccoc4)CC3)cc(=O)n2c1. The highest BCUT2D eigenvalue weighted by atomic mass is 16.5. The third-order valence-electron chi connectivity index (χ3n) is 5.11. The van der Waals surface area contributed by atoms with Crippen molar-refractivity contribution >= 4 is 17.5 Å². The van der Waals surface area contributed by atoms with Crippen molar-refractivity contribution in [3.8, 4) is 0 Å². The number of amides is 1. The van der Waals surface area contributed by atoms with Gasteiger partial charge in [-0.15, -0.1) is 0 Å². The third-order valence-corrected chi connectivity index (χ3v) is 5.11. The topological polar surface area (TPSA) is 94.1 Å². The highest BCUT2D eigenvalue weighted by Gasteiger charge is 2.29. The third kappa shape index (κ3) is 4.06. The van der Waals surface area contributed by atoms with E-state index in [1.165, 1.54) is 23.0 Å². The molecule has 1 saturated heterocycles.